The summed E-state index contributed by atoms with van der Waals surface area (Å²) in [5, 5.41) is 3.85. The minimum absolute atomic E-state index is 0.500. The van der Waals surface area contributed by atoms with Crippen LogP contribution in [0.3, 0.4) is 0 Å². The van der Waals surface area contributed by atoms with Gasteiger partial charge in [0, 0.05) is 31.8 Å². The maximum absolute atomic E-state index is 6.36. The highest BCUT2D eigenvalue weighted by Gasteiger charge is 2.19. The fourth-order valence-corrected chi connectivity index (χ4v) is 2.67. The summed E-state index contributed by atoms with van der Waals surface area (Å²) in [6, 6.07) is 0. The molecule has 156 valence electrons. The Balaban J connectivity index is 0.000000454. The highest BCUT2D eigenvalue weighted by atomic mass is 35.5. The second-order valence-corrected chi connectivity index (χ2v) is 8.24. The Morgan fingerprint density at radius 2 is 1.56 bits per heavy atom. The number of halogens is 1. The van der Waals surface area contributed by atoms with E-state index in [0.29, 0.717) is 36.3 Å². The lowest BCUT2D eigenvalue weighted by atomic mass is 10.0. The highest BCUT2D eigenvalue weighted by molar-refractivity contribution is 6.30. The van der Waals surface area contributed by atoms with E-state index in [1.165, 1.54) is 0 Å². The molecule has 0 amide bonds. The zero-order valence-corrected chi connectivity index (χ0v) is 18.7. The number of morpholine rings is 1. The monoisotopic (exact) mass is 400 g/mol. The smallest absolute Gasteiger partial charge is 0.228 e. The second-order valence-electron chi connectivity index (χ2n) is 7.88. The summed E-state index contributed by atoms with van der Waals surface area (Å²) >= 11 is 6.36. The predicted molar refractivity (Wildman–Crippen MR) is 114 cm³/mol. The van der Waals surface area contributed by atoms with Gasteiger partial charge in [-0.1, -0.05) is 53.1 Å². The Hall–Kier alpha value is -1.11. The molecule has 0 aliphatic carbocycles. The summed E-state index contributed by atoms with van der Waals surface area (Å²) in [6.07, 6.45) is 1.78. The number of anilines is 2. The van der Waals surface area contributed by atoms with E-state index < -0.39 is 0 Å². The molecule has 27 heavy (non-hydrogen) atoms. The number of fused-ring (bicyclic) bond motifs is 1. The van der Waals surface area contributed by atoms with Crippen molar-refractivity contribution in [2.45, 2.75) is 54.4 Å². The lowest BCUT2D eigenvalue weighted by Crippen LogP contribution is -2.37. The molecule has 0 saturated carbocycles. The molecule has 1 aromatic heterocycles. The Kier molecular flexibility index (Phi) is 11.0. The third-order valence-electron chi connectivity index (χ3n) is 3.49. The van der Waals surface area contributed by atoms with Gasteiger partial charge in [0.25, 0.3) is 0 Å². The van der Waals surface area contributed by atoms with E-state index >= 15 is 0 Å². The van der Waals surface area contributed by atoms with Crippen LogP contribution in [-0.4, -0.2) is 56.0 Å². The fraction of sp³-hybridized carbons (Fsp3) is 0.800. The fourth-order valence-electron chi connectivity index (χ4n) is 2.41. The SMILES string of the molecule is CC.CC(C)(C)C.Clc1nc(N2CCOCC2)nc2c1CCCOCCN2. The van der Waals surface area contributed by atoms with Crippen molar-refractivity contribution in [1.29, 1.82) is 0 Å². The van der Waals surface area contributed by atoms with E-state index in [9.17, 15) is 0 Å². The van der Waals surface area contributed by atoms with Gasteiger partial charge in [0.1, 0.15) is 11.0 Å². The molecule has 1 saturated heterocycles. The topological polar surface area (TPSA) is 59.5 Å². The van der Waals surface area contributed by atoms with Gasteiger partial charge in [-0.3, -0.25) is 0 Å². The first-order chi connectivity index (χ1) is 12.8. The van der Waals surface area contributed by atoms with Crippen LogP contribution in [0.5, 0.6) is 0 Å². The van der Waals surface area contributed by atoms with E-state index in [2.05, 4.69) is 47.9 Å². The van der Waals surface area contributed by atoms with Crippen LogP contribution in [0.4, 0.5) is 11.8 Å². The normalized spacial score (nSPS) is 17.5. The van der Waals surface area contributed by atoms with E-state index in [1.54, 1.807) is 0 Å². The summed E-state index contributed by atoms with van der Waals surface area (Å²) in [4.78, 5) is 11.2. The number of hydrogen-bond acceptors (Lipinski definition) is 6. The van der Waals surface area contributed by atoms with Gasteiger partial charge in [-0.2, -0.15) is 4.98 Å². The zero-order valence-electron chi connectivity index (χ0n) is 17.9. The number of aromatic nitrogens is 2. The highest BCUT2D eigenvalue weighted by Crippen LogP contribution is 2.26. The number of nitrogens with one attached hydrogen (secondary N) is 1. The average Bonchev–Trinajstić information content (AvgIpc) is 2.75. The molecule has 0 radical (unpaired) electrons. The minimum Gasteiger partial charge on any atom is -0.380 e. The summed E-state index contributed by atoms with van der Waals surface area (Å²) < 4.78 is 10.8. The predicted octanol–water partition coefficient (Wildman–Crippen LogP) is 4.42. The number of rotatable bonds is 1. The maximum Gasteiger partial charge on any atom is 0.228 e. The van der Waals surface area contributed by atoms with Gasteiger partial charge in [0.05, 0.1) is 19.8 Å². The summed E-state index contributed by atoms with van der Waals surface area (Å²) in [6.45, 7) is 18.0. The van der Waals surface area contributed by atoms with Crippen molar-refractivity contribution in [3.8, 4) is 0 Å². The molecule has 2 aliphatic heterocycles. The van der Waals surface area contributed by atoms with E-state index in [0.717, 1.165) is 50.5 Å². The summed E-state index contributed by atoms with van der Waals surface area (Å²) in [5.74, 6) is 1.53. The molecule has 0 atom stereocenters. The number of hydrogen-bond donors (Lipinski definition) is 1. The molecule has 2 aliphatic rings. The van der Waals surface area contributed by atoms with Crippen molar-refractivity contribution in [2.24, 2.45) is 5.41 Å². The first-order valence-corrected chi connectivity index (χ1v) is 10.4. The van der Waals surface area contributed by atoms with Crippen molar-refractivity contribution in [1.82, 2.24) is 9.97 Å². The molecule has 1 N–H and O–H groups in total. The third-order valence-corrected chi connectivity index (χ3v) is 3.81. The van der Waals surface area contributed by atoms with Crippen molar-refractivity contribution in [3.05, 3.63) is 10.7 Å². The van der Waals surface area contributed by atoms with E-state index in [4.69, 9.17) is 21.1 Å². The maximum atomic E-state index is 6.36. The first kappa shape index (κ1) is 23.9. The standard InChI is InChI=1S/C13H19ClN4O2.C5H12.C2H6/c14-11-10-2-1-6-19-7-3-15-12(10)17-13(16-11)18-4-8-20-9-5-18;1-5(2,3)4;1-2/h1-9H2,(H,15,16,17);1-4H3;1-2H3. The second kappa shape index (κ2) is 12.4. The molecule has 0 bridgehead atoms. The molecular formula is C20H37ClN4O2. The summed E-state index contributed by atoms with van der Waals surface area (Å²) in [7, 11) is 0. The molecule has 0 aromatic carbocycles. The molecule has 1 fully saturated rings. The van der Waals surface area contributed by atoms with Crippen LogP contribution in [0.2, 0.25) is 5.15 Å². The lowest BCUT2D eigenvalue weighted by molar-refractivity contribution is 0.122. The number of ether oxygens (including phenoxy) is 2. The van der Waals surface area contributed by atoms with E-state index in [-0.39, 0.29) is 0 Å². The number of nitrogens with zero attached hydrogens (tertiary/aromatic N) is 3. The lowest BCUT2D eigenvalue weighted by Gasteiger charge is -2.27. The van der Waals surface area contributed by atoms with Crippen molar-refractivity contribution < 1.29 is 9.47 Å². The molecule has 3 heterocycles. The zero-order chi connectivity index (χ0) is 20.3. The van der Waals surface area contributed by atoms with Crippen molar-refractivity contribution in [3.63, 3.8) is 0 Å². The van der Waals surface area contributed by atoms with Gasteiger partial charge in [0.15, 0.2) is 0 Å². The average molecular weight is 401 g/mol. The van der Waals surface area contributed by atoms with Crippen LogP contribution < -0.4 is 10.2 Å². The van der Waals surface area contributed by atoms with Gasteiger partial charge in [-0.05, 0) is 18.3 Å². The van der Waals surface area contributed by atoms with Crippen LogP contribution in [0.1, 0.15) is 53.5 Å². The quantitative estimate of drug-likeness (QED) is 0.704. The van der Waals surface area contributed by atoms with Gasteiger partial charge in [-0.25, -0.2) is 4.98 Å². The molecule has 7 heteroatoms. The molecular weight excluding hydrogens is 364 g/mol. The van der Waals surface area contributed by atoms with Crippen molar-refractivity contribution in [2.75, 3.05) is 56.3 Å². The molecule has 0 unspecified atom stereocenters. The largest absolute Gasteiger partial charge is 0.380 e. The Bertz CT molecular complexity index is 538. The van der Waals surface area contributed by atoms with Crippen LogP contribution in [0, 0.1) is 5.41 Å². The van der Waals surface area contributed by atoms with Gasteiger partial charge < -0.3 is 19.7 Å². The Labute approximate surface area is 170 Å². The van der Waals surface area contributed by atoms with Gasteiger partial charge >= 0.3 is 0 Å². The third kappa shape index (κ3) is 9.58. The molecule has 3 rings (SSSR count). The van der Waals surface area contributed by atoms with Crippen LogP contribution in [0.25, 0.3) is 0 Å². The molecule has 6 nitrogen and oxygen atoms in total. The van der Waals surface area contributed by atoms with Gasteiger partial charge in [0.2, 0.25) is 5.95 Å². The van der Waals surface area contributed by atoms with Gasteiger partial charge in [-0.15, -0.1) is 0 Å². The van der Waals surface area contributed by atoms with Crippen LogP contribution in [-0.2, 0) is 15.9 Å². The Morgan fingerprint density at radius 3 is 2.19 bits per heavy atom. The van der Waals surface area contributed by atoms with E-state index in [1.807, 2.05) is 13.8 Å². The molecule has 1 aromatic rings. The molecule has 0 spiro atoms. The minimum atomic E-state index is 0.500. The van der Waals surface area contributed by atoms with Crippen LogP contribution in [0.15, 0.2) is 0 Å². The first-order valence-electron chi connectivity index (χ1n) is 10.1. The van der Waals surface area contributed by atoms with Crippen molar-refractivity contribution >= 4 is 23.4 Å². The summed E-state index contributed by atoms with van der Waals surface area (Å²) in [5.41, 5.74) is 1.49. The van der Waals surface area contributed by atoms with Crippen LogP contribution >= 0.6 is 11.6 Å². The Morgan fingerprint density at radius 1 is 0.963 bits per heavy atom.